The van der Waals surface area contributed by atoms with Crippen LogP contribution < -0.4 is 5.73 Å². The van der Waals surface area contributed by atoms with E-state index in [0.717, 1.165) is 12.8 Å². The Bertz CT molecular complexity index is 431. The summed E-state index contributed by atoms with van der Waals surface area (Å²) < 4.78 is 25.1. The normalized spacial score (nSPS) is 15.3. The van der Waals surface area contributed by atoms with Crippen LogP contribution in [0.25, 0.3) is 0 Å². The van der Waals surface area contributed by atoms with Crippen LogP contribution in [0.3, 0.4) is 0 Å². The molecule has 0 aromatic heterocycles. The van der Waals surface area contributed by atoms with Gasteiger partial charge in [0.15, 0.2) is 0 Å². The lowest BCUT2D eigenvalue weighted by Gasteiger charge is -2.09. The molecular weight excluding hydrogens is 198 g/mol. The second kappa shape index (κ2) is 3.50. The molecular formula is C11H10F2N2. The van der Waals surface area contributed by atoms with Crippen molar-refractivity contribution in [1.82, 2.24) is 0 Å². The average Bonchev–Trinajstić information content (AvgIpc) is 3.01. The van der Waals surface area contributed by atoms with Crippen molar-refractivity contribution < 1.29 is 8.78 Å². The SMILES string of the molecule is N#Cc1cc(C(F)F)cc(C2CC2)c1N. The summed E-state index contributed by atoms with van der Waals surface area (Å²) in [6.45, 7) is 0. The molecule has 78 valence electrons. The molecule has 0 spiro atoms. The number of nitrogens with two attached hydrogens (primary N) is 1. The Kier molecular flexibility index (Phi) is 2.31. The molecule has 15 heavy (non-hydrogen) atoms. The summed E-state index contributed by atoms with van der Waals surface area (Å²) in [6.07, 6.45) is -0.598. The Hall–Kier alpha value is -1.63. The van der Waals surface area contributed by atoms with E-state index in [2.05, 4.69) is 0 Å². The molecule has 0 bridgehead atoms. The number of nitrogens with zero attached hydrogens (tertiary/aromatic N) is 1. The minimum Gasteiger partial charge on any atom is -0.397 e. The summed E-state index contributed by atoms with van der Waals surface area (Å²) in [4.78, 5) is 0. The highest BCUT2D eigenvalue weighted by molar-refractivity contribution is 5.62. The van der Waals surface area contributed by atoms with Gasteiger partial charge in [-0.2, -0.15) is 5.26 Å². The predicted octanol–water partition coefficient (Wildman–Crippen LogP) is 2.96. The third-order valence-electron chi connectivity index (χ3n) is 2.62. The number of halogens is 2. The third kappa shape index (κ3) is 1.78. The van der Waals surface area contributed by atoms with Gasteiger partial charge in [-0.25, -0.2) is 8.78 Å². The predicted molar refractivity (Wildman–Crippen MR) is 52.5 cm³/mol. The molecule has 0 heterocycles. The zero-order valence-electron chi connectivity index (χ0n) is 8.00. The molecule has 1 aliphatic carbocycles. The highest BCUT2D eigenvalue weighted by Gasteiger charge is 2.28. The van der Waals surface area contributed by atoms with Gasteiger partial charge in [-0.05, 0) is 36.5 Å². The number of hydrogen-bond donors (Lipinski definition) is 1. The van der Waals surface area contributed by atoms with Crippen LogP contribution in [0, 0.1) is 11.3 Å². The molecule has 0 unspecified atom stereocenters. The second-order valence-corrected chi connectivity index (χ2v) is 3.76. The van der Waals surface area contributed by atoms with Gasteiger partial charge in [0.2, 0.25) is 0 Å². The van der Waals surface area contributed by atoms with E-state index < -0.39 is 6.43 Å². The van der Waals surface area contributed by atoms with E-state index in [0.29, 0.717) is 11.3 Å². The molecule has 0 saturated heterocycles. The summed E-state index contributed by atoms with van der Waals surface area (Å²) in [5.41, 5.74) is 6.87. The molecule has 2 nitrogen and oxygen atoms in total. The number of anilines is 1. The molecule has 1 aliphatic rings. The van der Waals surface area contributed by atoms with Crippen molar-refractivity contribution in [2.75, 3.05) is 5.73 Å². The van der Waals surface area contributed by atoms with Crippen LogP contribution >= 0.6 is 0 Å². The number of nitrogen functional groups attached to an aromatic ring is 1. The van der Waals surface area contributed by atoms with Crippen LogP contribution in [0.15, 0.2) is 12.1 Å². The standard InChI is InChI=1S/C11H10F2N2/c12-11(13)7-3-8(5-14)10(15)9(4-7)6-1-2-6/h3-4,6,11H,1-2,15H2. The van der Waals surface area contributed by atoms with Gasteiger partial charge in [-0.15, -0.1) is 0 Å². The lowest BCUT2D eigenvalue weighted by atomic mass is 10.0. The van der Waals surface area contributed by atoms with E-state index in [1.54, 1.807) is 0 Å². The quantitative estimate of drug-likeness (QED) is 0.759. The van der Waals surface area contributed by atoms with Crippen molar-refractivity contribution in [3.05, 3.63) is 28.8 Å². The van der Waals surface area contributed by atoms with Crippen LogP contribution in [0.4, 0.5) is 14.5 Å². The first-order chi connectivity index (χ1) is 7.13. The Labute approximate surface area is 86.3 Å². The molecule has 4 heteroatoms. The largest absolute Gasteiger partial charge is 0.397 e. The molecule has 0 aliphatic heterocycles. The van der Waals surface area contributed by atoms with E-state index in [-0.39, 0.29) is 17.0 Å². The summed E-state index contributed by atoms with van der Waals surface area (Å²) in [7, 11) is 0. The minimum absolute atomic E-state index is 0.109. The monoisotopic (exact) mass is 208 g/mol. The summed E-state index contributed by atoms with van der Waals surface area (Å²) in [5, 5.41) is 8.78. The lowest BCUT2D eigenvalue weighted by molar-refractivity contribution is 0.151. The molecule has 1 aromatic carbocycles. The maximum atomic E-state index is 12.5. The van der Waals surface area contributed by atoms with Gasteiger partial charge in [0.05, 0.1) is 11.3 Å². The van der Waals surface area contributed by atoms with Crippen LogP contribution in [-0.2, 0) is 0 Å². The van der Waals surface area contributed by atoms with E-state index >= 15 is 0 Å². The minimum atomic E-state index is -2.55. The van der Waals surface area contributed by atoms with Gasteiger partial charge >= 0.3 is 0 Å². The summed E-state index contributed by atoms with van der Waals surface area (Å²) in [6, 6.07) is 4.46. The highest BCUT2D eigenvalue weighted by atomic mass is 19.3. The van der Waals surface area contributed by atoms with Crippen molar-refractivity contribution in [2.45, 2.75) is 25.2 Å². The molecule has 0 atom stereocenters. The van der Waals surface area contributed by atoms with Gasteiger partial charge in [0.25, 0.3) is 6.43 Å². The molecule has 2 N–H and O–H groups in total. The van der Waals surface area contributed by atoms with Crippen LogP contribution in [0.1, 0.15) is 41.9 Å². The number of nitriles is 1. The average molecular weight is 208 g/mol. The Morgan fingerprint density at radius 1 is 1.40 bits per heavy atom. The highest BCUT2D eigenvalue weighted by Crippen LogP contribution is 2.44. The molecule has 0 amide bonds. The molecule has 1 fully saturated rings. The zero-order chi connectivity index (χ0) is 11.0. The first-order valence-corrected chi connectivity index (χ1v) is 4.75. The fraction of sp³-hybridized carbons (Fsp3) is 0.364. The van der Waals surface area contributed by atoms with Crippen LogP contribution in [0.5, 0.6) is 0 Å². The fourth-order valence-electron chi connectivity index (χ4n) is 1.65. The van der Waals surface area contributed by atoms with Gasteiger partial charge in [-0.3, -0.25) is 0 Å². The van der Waals surface area contributed by atoms with E-state index in [4.69, 9.17) is 11.0 Å². The van der Waals surface area contributed by atoms with Crippen LogP contribution in [0.2, 0.25) is 0 Å². The molecule has 1 saturated carbocycles. The third-order valence-corrected chi connectivity index (χ3v) is 2.62. The van der Waals surface area contributed by atoms with Crippen LogP contribution in [-0.4, -0.2) is 0 Å². The van der Waals surface area contributed by atoms with E-state index in [9.17, 15) is 8.78 Å². The smallest absolute Gasteiger partial charge is 0.263 e. The number of benzene rings is 1. The molecule has 0 radical (unpaired) electrons. The maximum Gasteiger partial charge on any atom is 0.263 e. The van der Waals surface area contributed by atoms with Crippen molar-refractivity contribution in [3.8, 4) is 6.07 Å². The fourth-order valence-corrected chi connectivity index (χ4v) is 1.65. The van der Waals surface area contributed by atoms with Gasteiger partial charge in [0, 0.05) is 5.56 Å². The topological polar surface area (TPSA) is 49.8 Å². The summed E-state index contributed by atoms with van der Waals surface area (Å²) in [5.74, 6) is 0.274. The summed E-state index contributed by atoms with van der Waals surface area (Å²) >= 11 is 0. The molecule has 2 rings (SSSR count). The van der Waals surface area contributed by atoms with Crippen molar-refractivity contribution in [3.63, 3.8) is 0 Å². The Morgan fingerprint density at radius 2 is 2.07 bits per heavy atom. The second-order valence-electron chi connectivity index (χ2n) is 3.76. The Morgan fingerprint density at radius 3 is 2.53 bits per heavy atom. The zero-order valence-corrected chi connectivity index (χ0v) is 8.00. The number of alkyl halides is 2. The Balaban J connectivity index is 2.53. The number of hydrogen-bond acceptors (Lipinski definition) is 2. The maximum absolute atomic E-state index is 12.5. The number of rotatable bonds is 2. The van der Waals surface area contributed by atoms with Gasteiger partial charge < -0.3 is 5.73 Å². The van der Waals surface area contributed by atoms with Gasteiger partial charge in [-0.1, -0.05) is 0 Å². The molecule has 1 aromatic rings. The van der Waals surface area contributed by atoms with Gasteiger partial charge in [0.1, 0.15) is 6.07 Å². The first-order valence-electron chi connectivity index (χ1n) is 4.75. The van der Waals surface area contributed by atoms with Crippen molar-refractivity contribution >= 4 is 5.69 Å². The first kappa shape index (κ1) is 9.91. The van der Waals surface area contributed by atoms with E-state index in [1.165, 1.54) is 12.1 Å². The van der Waals surface area contributed by atoms with E-state index in [1.807, 2.05) is 6.07 Å². The van der Waals surface area contributed by atoms with Crippen molar-refractivity contribution in [1.29, 1.82) is 5.26 Å². The van der Waals surface area contributed by atoms with Crippen molar-refractivity contribution in [2.24, 2.45) is 0 Å². The lowest BCUT2D eigenvalue weighted by Crippen LogP contribution is -1.99.